The molecule has 1 fully saturated rings. The van der Waals surface area contributed by atoms with Gasteiger partial charge in [0.25, 0.3) is 0 Å². The fraction of sp³-hybridized carbons (Fsp3) is 0.333. The molecule has 1 saturated carbocycles. The highest BCUT2D eigenvalue weighted by Crippen LogP contribution is 2.45. The number of benzene rings is 2. The lowest BCUT2D eigenvalue weighted by molar-refractivity contribution is -0.0737. The highest BCUT2D eigenvalue weighted by molar-refractivity contribution is 5.83. The maximum absolute atomic E-state index is 10.4. The van der Waals surface area contributed by atoms with E-state index in [0.717, 1.165) is 18.4 Å². The summed E-state index contributed by atoms with van der Waals surface area (Å²) < 4.78 is 0. The summed E-state index contributed by atoms with van der Waals surface area (Å²) in [6.45, 7) is 2.19. The summed E-state index contributed by atoms with van der Waals surface area (Å²) in [5.74, 6) is 0.650. The number of aliphatic hydroxyl groups is 1. The van der Waals surface area contributed by atoms with E-state index >= 15 is 0 Å². The van der Waals surface area contributed by atoms with Crippen molar-refractivity contribution in [1.82, 2.24) is 0 Å². The molecule has 1 heteroatoms. The summed E-state index contributed by atoms with van der Waals surface area (Å²) >= 11 is 0. The molecule has 0 bridgehead atoms. The third-order valence-corrected chi connectivity index (χ3v) is 3.66. The third-order valence-electron chi connectivity index (χ3n) is 3.66. The Bertz CT molecular complexity index is 524. The van der Waals surface area contributed by atoms with Crippen molar-refractivity contribution < 1.29 is 5.11 Å². The first-order valence-electron chi connectivity index (χ1n) is 5.89. The van der Waals surface area contributed by atoms with Crippen molar-refractivity contribution in [1.29, 1.82) is 0 Å². The Labute approximate surface area is 95.7 Å². The number of fused-ring (bicyclic) bond motifs is 1. The van der Waals surface area contributed by atoms with E-state index in [1.165, 1.54) is 10.8 Å². The van der Waals surface area contributed by atoms with E-state index in [9.17, 15) is 5.11 Å². The van der Waals surface area contributed by atoms with Crippen molar-refractivity contribution in [2.24, 2.45) is 5.92 Å². The molecule has 0 unspecified atom stereocenters. The number of hydrogen-bond acceptors (Lipinski definition) is 1. The van der Waals surface area contributed by atoms with Crippen LogP contribution in [0, 0.1) is 5.92 Å². The molecule has 2 aromatic rings. The predicted molar refractivity (Wildman–Crippen MR) is 66.2 cm³/mol. The summed E-state index contributed by atoms with van der Waals surface area (Å²) in [5.41, 5.74) is 0.507. The third kappa shape index (κ3) is 1.43. The van der Waals surface area contributed by atoms with E-state index in [0.29, 0.717) is 5.92 Å². The maximum atomic E-state index is 10.4. The van der Waals surface area contributed by atoms with E-state index in [4.69, 9.17) is 0 Å². The van der Waals surface area contributed by atoms with E-state index in [-0.39, 0.29) is 0 Å². The molecule has 16 heavy (non-hydrogen) atoms. The van der Waals surface area contributed by atoms with Crippen LogP contribution < -0.4 is 0 Å². The molecule has 0 aliphatic heterocycles. The Hall–Kier alpha value is -1.34. The van der Waals surface area contributed by atoms with Crippen LogP contribution >= 0.6 is 0 Å². The Morgan fingerprint density at radius 3 is 2.44 bits per heavy atom. The van der Waals surface area contributed by atoms with Crippen LogP contribution in [-0.2, 0) is 5.60 Å². The van der Waals surface area contributed by atoms with Gasteiger partial charge in [0.1, 0.15) is 0 Å². The first-order valence-corrected chi connectivity index (χ1v) is 5.89. The van der Waals surface area contributed by atoms with E-state index in [2.05, 4.69) is 37.3 Å². The quantitative estimate of drug-likeness (QED) is 0.767. The van der Waals surface area contributed by atoms with Crippen LogP contribution in [0.3, 0.4) is 0 Å². The fourth-order valence-corrected chi connectivity index (χ4v) is 2.81. The monoisotopic (exact) mass is 212 g/mol. The van der Waals surface area contributed by atoms with Gasteiger partial charge in [-0.05, 0) is 41.2 Å². The Kier molecular flexibility index (Phi) is 2.05. The van der Waals surface area contributed by atoms with Gasteiger partial charge in [-0.3, -0.25) is 0 Å². The van der Waals surface area contributed by atoms with E-state index in [1.807, 2.05) is 12.1 Å². The van der Waals surface area contributed by atoms with Crippen LogP contribution in [0.1, 0.15) is 25.3 Å². The smallest absolute Gasteiger partial charge is 0.0901 e. The minimum atomic E-state index is -0.566. The topological polar surface area (TPSA) is 20.2 Å². The van der Waals surface area contributed by atoms with Gasteiger partial charge in [0.15, 0.2) is 0 Å². The van der Waals surface area contributed by atoms with Crippen LogP contribution in [0.25, 0.3) is 10.8 Å². The summed E-state index contributed by atoms with van der Waals surface area (Å²) in [4.78, 5) is 0. The van der Waals surface area contributed by atoms with E-state index < -0.39 is 5.60 Å². The molecule has 82 valence electrons. The minimum absolute atomic E-state index is 0.566. The van der Waals surface area contributed by atoms with Crippen molar-refractivity contribution in [2.45, 2.75) is 25.4 Å². The molecule has 1 aliphatic carbocycles. The first-order chi connectivity index (χ1) is 7.67. The predicted octanol–water partition coefficient (Wildman–Crippen LogP) is 3.46. The van der Waals surface area contributed by atoms with Gasteiger partial charge < -0.3 is 5.11 Å². The molecule has 0 aromatic heterocycles. The molecule has 0 radical (unpaired) electrons. The second-order valence-electron chi connectivity index (χ2n) is 5.11. The van der Waals surface area contributed by atoms with Crippen LogP contribution in [0.2, 0.25) is 0 Å². The van der Waals surface area contributed by atoms with Crippen molar-refractivity contribution >= 4 is 10.8 Å². The zero-order chi connectivity index (χ0) is 11.2. The molecule has 0 spiro atoms. The maximum Gasteiger partial charge on any atom is 0.0901 e. The molecule has 2 aromatic carbocycles. The second kappa shape index (κ2) is 3.33. The minimum Gasteiger partial charge on any atom is -0.385 e. The molecule has 1 aliphatic rings. The highest BCUT2D eigenvalue weighted by Gasteiger charge is 2.41. The molecule has 0 atom stereocenters. The molecule has 0 amide bonds. The molecule has 0 heterocycles. The Morgan fingerprint density at radius 2 is 1.75 bits per heavy atom. The van der Waals surface area contributed by atoms with Gasteiger partial charge in [-0.2, -0.15) is 0 Å². The lowest BCUT2D eigenvalue weighted by Gasteiger charge is -2.42. The van der Waals surface area contributed by atoms with Crippen molar-refractivity contribution in [2.75, 3.05) is 0 Å². The standard InChI is InChI=1S/C15H16O/c1-11-9-15(16,10-11)14-7-6-12-4-2-3-5-13(12)8-14/h2-8,11,16H,9-10H2,1H3. The van der Waals surface area contributed by atoms with Gasteiger partial charge in [0.2, 0.25) is 0 Å². The molecular weight excluding hydrogens is 196 g/mol. The normalized spacial score (nSPS) is 29.0. The van der Waals surface area contributed by atoms with Crippen LogP contribution in [0.5, 0.6) is 0 Å². The number of hydrogen-bond donors (Lipinski definition) is 1. The Balaban J connectivity index is 2.06. The first kappa shape index (κ1) is 9.86. The molecule has 3 rings (SSSR count). The van der Waals surface area contributed by atoms with Crippen LogP contribution in [0.4, 0.5) is 0 Å². The summed E-state index contributed by atoms with van der Waals surface area (Å²) in [7, 11) is 0. The largest absolute Gasteiger partial charge is 0.385 e. The van der Waals surface area contributed by atoms with Crippen LogP contribution in [0.15, 0.2) is 42.5 Å². The lowest BCUT2D eigenvalue weighted by Crippen LogP contribution is -2.39. The average molecular weight is 212 g/mol. The number of rotatable bonds is 1. The zero-order valence-electron chi connectivity index (χ0n) is 9.48. The van der Waals surface area contributed by atoms with Gasteiger partial charge >= 0.3 is 0 Å². The SMILES string of the molecule is CC1CC(O)(c2ccc3ccccc3c2)C1. The molecule has 1 N–H and O–H groups in total. The fourth-order valence-electron chi connectivity index (χ4n) is 2.81. The summed E-state index contributed by atoms with van der Waals surface area (Å²) in [5, 5.41) is 12.9. The molecule has 0 saturated heterocycles. The van der Waals surface area contributed by atoms with Gasteiger partial charge in [-0.1, -0.05) is 43.3 Å². The van der Waals surface area contributed by atoms with Crippen LogP contribution in [-0.4, -0.2) is 5.11 Å². The van der Waals surface area contributed by atoms with Crippen molar-refractivity contribution in [3.05, 3.63) is 48.0 Å². The highest BCUT2D eigenvalue weighted by atomic mass is 16.3. The zero-order valence-corrected chi connectivity index (χ0v) is 9.48. The van der Waals surface area contributed by atoms with Gasteiger partial charge in [0.05, 0.1) is 5.60 Å². The van der Waals surface area contributed by atoms with Gasteiger partial charge in [-0.15, -0.1) is 0 Å². The van der Waals surface area contributed by atoms with Crippen molar-refractivity contribution in [3.63, 3.8) is 0 Å². The van der Waals surface area contributed by atoms with Crippen molar-refractivity contribution in [3.8, 4) is 0 Å². The molecular formula is C15H16O. The van der Waals surface area contributed by atoms with E-state index in [1.54, 1.807) is 0 Å². The van der Waals surface area contributed by atoms with Gasteiger partial charge in [0, 0.05) is 0 Å². The summed E-state index contributed by atoms with van der Waals surface area (Å²) in [6, 6.07) is 14.6. The summed E-state index contributed by atoms with van der Waals surface area (Å²) in [6.07, 6.45) is 1.79. The van der Waals surface area contributed by atoms with Gasteiger partial charge in [-0.25, -0.2) is 0 Å². The molecule has 1 nitrogen and oxygen atoms in total. The lowest BCUT2D eigenvalue weighted by atomic mass is 9.68. The second-order valence-corrected chi connectivity index (χ2v) is 5.11. The Morgan fingerprint density at radius 1 is 1.06 bits per heavy atom. The average Bonchev–Trinajstić information content (AvgIpc) is 2.26.